The highest BCUT2D eigenvalue weighted by molar-refractivity contribution is 8.00. The molecule has 0 aromatic heterocycles. The molecule has 6 aliphatic rings. The number of hydrogen-bond acceptors (Lipinski definition) is 27. The van der Waals surface area contributed by atoms with Crippen molar-refractivity contribution in [2.24, 2.45) is 0 Å². The minimum absolute atomic E-state index is 0.0646. The van der Waals surface area contributed by atoms with Crippen molar-refractivity contribution in [1.82, 2.24) is 79.8 Å². The highest BCUT2D eigenvalue weighted by Crippen LogP contribution is 2.36. The molecule has 12 atom stereocenters. The van der Waals surface area contributed by atoms with Crippen LogP contribution >= 0.6 is 35.3 Å². The fourth-order valence-electron chi connectivity index (χ4n) is 14.3. The van der Waals surface area contributed by atoms with E-state index in [1.807, 2.05) is 0 Å². The largest absolute Gasteiger partial charge is 0.480 e. The molecule has 12 unspecified atom stereocenters. The van der Waals surface area contributed by atoms with Gasteiger partial charge in [0.1, 0.15) is 18.1 Å². The van der Waals surface area contributed by atoms with E-state index >= 15 is 0 Å². The number of ether oxygens (including phenoxy) is 9. The summed E-state index contributed by atoms with van der Waals surface area (Å²) in [4.78, 5) is 186. The van der Waals surface area contributed by atoms with Crippen LogP contribution in [0, 0.1) is 0 Å². The van der Waals surface area contributed by atoms with E-state index in [-0.39, 0.29) is 244 Å². The highest BCUT2D eigenvalue weighted by atomic mass is 32.2. The highest BCUT2D eigenvalue weighted by Gasteiger charge is 2.45. The van der Waals surface area contributed by atoms with E-state index in [9.17, 15) is 87.2 Å². The number of rotatable bonds is 72. The van der Waals surface area contributed by atoms with E-state index in [2.05, 4.69) is 79.8 Å². The molecule has 6 heterocycles. The number of benzene rings is 1. The molecule has 15 amide bonds. The standard InChI is InChI=1S/C81H129N15O27S3/c97-64(16-4-1-13-61-70-58(49-124-61)91-79(112)94-70)88-55(76(106)107)46-67(100)82-19-7-25-115-31-37-121-40-34-118-28-10-22-85-73(103)52-43-53(74(104)86-23-11-29-119-35-41-122-38-32-116-26-8-20-83-68(101)47-56(77(108)109)89-65(98)17-5-2-14-62-71-59(50-125-62)92-80(113)95-71)45-54(44-52)75(105)87-24-12-30-120-36-42-123-39-33-117-27-9-21-84-69(102)48-57(78(110)111)90-66(99)18-6-3-15-63-72-60(51-126-63)93-81(114)96-72/h43-45,55-63,70-72H,1-42,46-51H2,(H,82,100)(H,83,101)(H,84,102)(H,85,103)(H,86,104)(H,87,105)(H,88,97)(H,89,98)(H,90,99)(H,106,107)(H,108,109)(H,110,111)(H2,91,94,112)(H2,92,95,113)(H2,93,96,114). The van der Waals surface area contributed by atoms with Gasteiger partial charge in [0.2, 0.25) is 35.4 Å². The van der Waals surface area contributed by atoms with Crippen molar-refractivity contribution in [1.29, 1.82) is 0 Å². The second-order valence-corrected chi connectivity index (χ2v) is 34.7. The molecule has 126 heavy (non-hydrogen) atoms. The Hall–Kier alpha value is -8.64. The van der Waals surface area contributed by atoms with Crippen molar-refractivity contribution in [2.45, 2.75) is 205 Å². The number of nitrogens with one attached hydrogen (secondary N) is 15. The van der Waals surface area contributed by atoms with Crippen LogP contribution in [0.4, 0.5) is 14.4 Å². The van der Waals surface area contributed by atoms with Gasteiger partial charge in [-0.05, 0) is 95.2 Å². The molecule has 6 saturated heterocycles. The number of urea groups is 3. The summed E-state index contributed by atoms with van der Waals surface area (Å²) in [6.45, 7) is 6.21. The monoisotopic (exact) mass is 1840 g/mol. The van der Waals surface area contributed by atoms with Gasteiger partial charge in [-0.15, -0.1) is 0 Å². The van der Waals surface area contributed by atoms with Gasteiger partial charge in [0.05, 0.1) is 135 Å². The second kappa shape index (κ2) is 61.0. The zero-order chi connectivity index (χ0) is 90.5. The molecule has 1 aromatic carbocycles. The fraction of sp³-hybridized carbons (Fsp3) is 0.741. The number of carbonyl (C=O) groups is 15. The molecule has 708 valence electrons. The first-order chi connectivity index (χ1) is 61.0. The third-order valence-electron chi connectivity index (χ3n) is 20.9. The van der Waals surface area contributed by atoms with Crippen LogP contribution in [0.1, 0.15) is 166 Å². The summed E-state index contributed by atoms with van der Waals surface area (Å²) < 4.78 is 50.5. The fourth-order valence-corrected chi connectivity index (χ4v) is 18.9. The quantitative estimate of drug-likeness (QED) is 0.0296. The van der Waals surface area contributed by atoms with E-state index in [0.717, 1.165) is 55.8 Å². The van der Waals surface area contributed by atoms with Gasteiger partial charge in [-0.2, -0.15) is 35.3 Å². The van der Waals surface area contributed by atoms with E-state index < -0.39 is 108 Å². The zero-order valence-electron chi connectivity index (χ0n) is 71.5. The minimum atomic E-state index is -1.37. The predicted molar refractivity (Wildman–Crippen MR) is 462 cm³/mol. The van der Waals surface area contributed by atoms with Crippen LogP contribution in [0.5, 0.6) is 0 Å². The number of aliphatic carboxylic acids is 3. The third-order valence-corrected chi connectivity index (χ3v) is 25.4. The van der Waals surface area contributed by atoms with Crippen LogP contribution in [0.15, 0.2) is 18.2 Å². The van der Waals surface area contributed by atoms with Crippen molar-refractivity contribution in [3.8, 4) is 0 Å². The molecule has 0 radical (unpaired) electrons. The van der Waals surface area contributed by atoms with Crippen LogP contribution in [-0.4, -0.2) is 350 Å². The van der Waals surface area contributed by atoms with Gasteiger partial charge in [-0.3, -0.25) is 43.2 Å². The van der Waals surface area contributed by atoms with Crippen molar-refractivity contribution in [3.05, 3.63) is 34.9 Å². The van der Waals surface area contributed by atoms with Crippen LogP contribution in [0.25, 0.3) is 0 Å². The third kappa shape index (κ3) is 42.1. The Labute approximate surface area is 745 Å². The topological polar surface area (TPSA) is 580 Å². The number of carboxylic acids is 3. The van der Waals surface area contributed by atoms with Crippen LogP contribution in [0.3, 0.4) is 0 Å². The first-order valence-corrected chi connectivity index (χ1v) is 46.8. The maximum Gasteiger partial charge on any atom is 0.326 e. The second-order valence-electron chi connectivity index (χ2n) is 30.8. The van der Waals surface area contributed by atoms with Gasteiger partial charge in [-0.25, -0.2) is 28.8 Å². The Kier molecular flexibility index (Phi) is 50.5. The smallest absolute Gasteiger partial charge is 0.326 e. The number of amides is 15. The summed E-state index contributed by atoms with van der Waals surface area (Å²) in [6, 6.07) is 0.0932. The molecular weight excluding hydrogens is 1710 g/mol. The maximum atomic E-state index is 13.6. The number of hydrogen-bond donors (Lipinski definition) is 18. The lowest BCUT2D eigenvalue weighted by Gasteiger charge is -2.17. The summed E-state index contributed by atoms with van der Waals surface area (Å²) in [7, 11) is 0. The molecule has 0 aliphatic carbocycles. The Morgan fingerprint density at radius 2 is 0.524 bits per heavy atom. The molecule has 7 rings (SSSR count). The van der Waals surface area contributed by atoms with E-state index in [1.165, 1.54) is 18.2 Å². The average Bonchev–Trinajstić information content (AvgIpc) is 1.63. The summed E-state index contributed by atoms with van der Waals surface area (Å²) in [5, 5.41) is 70.9. The molecular formula is C81H129N15O27S3. The number of thioether (sulfide) groups is 3. The summed E-state index contributed by atoms with van der Waals surface area (Å²) >= 11 is 5.34. The number of unbranched alkanes of at least 4 members (excludes halogenated alkanes) is 3. The zero-order valence-corrected chi connectivity index (χ0v) is 73.9. The SMILES string of the molecule is O=C(CC(NC(=O)CCCCC1SCC2NC(=O)NC21)C(=O)O)NCCCOCCOCCOCCCNC(=O)c1cc(C(=O)NCCCOCCOCCOCCCNC(=O)CC(NC(=O)CCCCC2SCC3NC(=O)NC32)C(=O)O)cc(C(=O)NCCCOCCOCCOCCCNC(=O)CC(NC(=O)CCCCC2SCC3NC(=O)NC32)C(=O)O)c1. The Morgan fingerprint density at radius 1 is 0.302 bits per heavy atom. The molecule has 42 nitrogen and oxygen atoms in total. The van der Waals surface area contributed by atoms with Crippen LogP contribution in [-0.2, 0) is 85.8 Å². The van der Waals surface area contributed by atoms with Crippen molar-refractivity contribution in [3.63, 3.8) is 0 Å². The molecule has 6 fully saturated rings. The van der Waals surface area contributed by atoms with Crippen LogP contribution in [0.2, 0.25) is 0 Å². The van der Waals surface area contributed by atoms with Crippen molar-refractivity contribution >= 4 is 124 Å². The number of carboxylic acid groups (broad SMARTS) is 3. The van der Waals surface area contributed by atoms with Gasteiger partial charge in [0.25, 0.3) is 17.7 Å². The molecule has 6 aliphatic heterocycles. The Balaban J connectivity index is 0.699. The van der Waals surface area contributed by atoms with E-state index in [1.54, 1.807) is 35.3 Å². The molecule has 45 heteroatoms. The Bertz CT molecular complexity index is 3260. The van der Waals surface area contributed by atoms with Gasteiger partial charge in [0, 0.05) is 148 Å². The van der Waals surface area contributed by atoms with Gasteiger partial charge < -0.3 is 138 Å². The normalized spacial score (nSPS) is 20.1. The summed E-state index contributed by atoms with van der Waals surface area (Å²) in [6.07, 6.45) is 7.95. The van der Waals surface area contributed by atoms with E-state index in [0.29, 0.717) is 77.6 Å². The predicted octanol–water partition coefficient (Wildman–Crippen LogP) is -0.230. The first kappa shape index (κ1) is 104. The van der Waals surface area contributed by atoms with Crippen molar-refractivity contribution in [2.75, 3.05) is 175 Å². The lowest BCUT2D eigenvalue weighted by Crippen LogP contribution is -2.44. The summed E-state index contributed by atoms with van der Waals surface area (Å²) in [5.74, 6) is -5.98. The molecule has 18 N–H and O–H groups in total. The Morgan fingerprint density at radius 3 is 0.754 bits per heavy atom. The van der Waals surface area contributed by atoms with Crippen LogP contribution < -0.4 is 79.8 Å². The maximum absolute atomic E-state index is 13.6. The molecule has 1 aromatic rings. The van der Waals surface area contributed by atoms with E-state index in [4.69, 9.17) is 42.6 Å². The summed E-state index contributed by atoms with van der Waals surface area (Å²) in [5.41, 5.74) is 0.209. The van der Waals surface area contributed by atoms with Gasteiger partial charge >= 0.3 is 36.0 Å². The van der Waals surface area contributed by atoms with Gasteiger partial charge in [-0.1, -0.05) is 19.3 Å². The minimum Gasteiger partial charge on any atom is -0.480 e. The van der Waals surface area contributed by atoms with Gasteiger partial charge in [0.15, 0.2) is 0 Å². The molecule has 0 saturated carbocycles. The lowest BCUT2D eigenvalue weighted by molar-refractivity contribution is -0.143. The van der Waals surface area contributed by atoms with Crippen molar-refractivity contribution < 1.29 is 130 Å². The lowest BCUT2D eigenvalue weighted by atomic mass is 10.0. The molecule has 0 spiro atoms. The average molecular weight is 1840 g/mol. The molecule has 0 bridgehead atoms. The number of carbonyl (C=O) groups excluding carboxylic acids is 12. The number of fused-ring (bicyclic) bond motifs is 3. The first-order valence-electron chi connectivity index (χ1n) is 43.6.